The molecule has 1 fully saturated rings. The van der Waals surface area contributed by atoms with Crippen LogP contribution in [-0.4, -0.2) is 38.8 Å². The molecule has 7 nitrogen and oxygen atoms in total. The van der Waals surface area contributed by atoms with Gasteiger partial charge in [-0.2, -0.15) is 0 Å². The fraction of sp³-hybridized carbons (Fsp3) is 0.611. The Balaban J connectivity index is 1.52. The highest BCUT2D eigenvalue weighted by Crippen LogP contribution is 2.33. The van der Waals surface area contributed by atoms with Crippen LogP contribution in [-0.2, 0) is 14.8 Å². The van der Waals surface area contributed by atoms with Gasteiger partial charge in [-0.3, -0.25) is 4.79 Å². The number of fused-ring (bicyclic) bond motifs is 1. The average Bonchev–Trinajstić information content (AvgIpc) is 2.61. The largest absolute Gasteiger partial charge is 0.486 e. The van der Waals surface area contributed by atoms with Crippen molar-refractivity contribution in [3.63, 3.8) is 0 Å². The Morgan fingerprint density at radius 3 is 2.38 bits per heavy atom. The molecule has 2 N–H and O–H groups in total. The van der Waals surface area contributed by atoms with Gasteiger partial charge in [0.25, 0.3) is 0 Å². The number of ether oxygens (including phenoxy) is 2. The molecule has 1 aromatic rings. The van der Waals surface area contributed by atoms with E-state index in [1.54, 1.807) is 32.0 Å². The van der Waals surface area contributed by atoms with Crippen LogP contribution in [0.15, 0.2) is 18.2 Å². The van der Waals surface area contributed by atoms with Gasteiger partial charge in [0.2, 0.25) is 15.9 Å². The van der Waals surface area contributed by atoms with E-state index in [-0.39, 0.29) is 17.9 Å². The molecule has 0 unspecified atom stereocenters. The van der Waals surface area contributed by atoms with E-state index in [0.29, 0.717) is 56.1 Å². The topological polar surface area (TPSA) is 93.7 Å². The standard InChI is InChI=1S/C18H26N2O5S/c1-12(2)26(22,23)20-14-5-3-13(4-6-14)18(21)19-15-7-8-16-17(11-15)25-10-9-24-16/h7-8,11-14,20H,3-6,9-10H2,1-2H3,(H,19,21)/t13-,14-. The van der Waals surface area contributed by atoms with Gasteiger partial charge in [-0.05, 0) is 51.7 Å². The van der Waals surface area contributed by atoms with Crippen molar-refractivity contribution < 1.29 is 22.7 Å². The molecule has 1 aliphatic heterocycles. The van der Waals surface area contributed by atoms with E-state index in [1.807, 2.05) is 0 Å². The van der Waals surface area contributed by atoms with Crippen LogP contribution in [0.25, 0.3) is 0 Å². The number of nitrogens with one attached hydrogen (secondary N) is 2. The van der Waals surface area contributed by atoms with Crippen molar-refractivity contribution in [1.82, 2.24) is 4.72 Å². The highest BCUT2D eigenvalue weighted by Gasteiger charge is 2.29. The molecule has 0 saturated heterocycles. The van der Waals surface area contributed by atoms with Gasteiger partial charge >= 0.3 is 0 Å². The lowest BCUT2D eigenvalue weighted by Crippen LogP contribution is -2.42. The lowest BCUT2D eigenvalue weighted by molar-refractivity contribution is -0.120. The van der Waals surface area contributed by atoms with Crippen molar-refractivity contribution in [3.05, 3.63) is 18.2 Å². The number of carbonyl (C=O) groups is 1. The smallest absolute Gasteiger partial charge is 0.227 e. The molecule has 26 heavy (non-hydrogen) atoms. The second-order valence-electron chi connectivity index (χ2n) is 7.11. The summed E-state index contributed by atoms with van der Waals surface area (Å²) in [6.45, 7) is 4.35. The molecule has 0 atom stereocenters. The van der Waals surface area contributed by atoms with Gasteiger partial charge in [-0.1, -0.05) is 0 Å². The molecule has 0 bridgehead atoms. The highest BCUT2D eigenvalue weighted by molar-refractivity contribution is 7.90. The first-order chi connectivity index (χ1) is 12.3. The summed E-state index contributed by atoms with van der Waals surface area (Å²) in [7, 11) is -3.27. The predicted octanol–water partition coefficient (Wildman–Crippen LogP) is 2.28. The van der Waals surface area contributed by atoms with Crippen molar-refractivity contribution in [3.8, 4) is 11.5 Å². The van der Waals surface area contributed by atoms with E-state index >= 15 is 0 Å². The van der Waals surface area contributed by atoms with Crippen LogP contribution in [0.3, 0.4) is 0 Å². The maximum Gasteiger partial charge on any atom is 0.227 e. The number of rotatable bonds is 5. The van der Waals surface area contributed by atoms with Gasteiger partial charge in [0.05, 0.1) is 5.25 Å². The molecule has 1 aliphatic carbocycles. The van der Waals surface area contributed by atoms with E-state index < -0.39 is 15.3 Å². The van der Waals surface area contributed by atoms with E-state index in [2.05, 4.69) is 10.0 Å². The molecule has 2 aliphatic rings. The number of anilines is 1. The van der Waals surface area contributed by atoms with Crippen molar-refractivity contribution >= 4 is 21.6 Å². The Hall–Kier alpha value is -1.80. The van der Waals surface area contributed by atoms with Crippen molar-refractivity contribution in [2.45, 2.75) is 50.8 Å². The third kappa shape index (κ3) is 4.48. The zero-order chi connectivity index (χ0) is 18.7. The Morgan fingerprint density at radius 2 is 1.73 bits per heavy atom. The van der Waals surface area contributed by atoms with Crippen LogP contribution in [0, 0.1) is 5.92 Å². The Morgan fingerprint density at radius 1 is 1.08 bits per heavy atom. The third-order valence-corrected chi connectivity index (χ3v) is 6.76. The lowest BCUT2D eigenvalue weighted by Gasteiger charge is -2.29. The summed E-state index contributed by atoms with van der Waals surface area (Å²) in [5.41, 5.74) is 0.682. The number of amides is 1. The van der Waals surface area contributed by atoms with Crippen LogP contribution in [0.2, 0.25) is 0 Å². The summed E-state index contributed by atoms with van der Waals surface area (Å²) in [6, 6.07) is 5.28. The Labute approximate surface area is 154 Å². The minimum Gasteiger partial charge on any atom is -0.486 e. The lowest BCUT2D eigenvalue weighted by atomic mass is 9.86. The molecule has 1 heterocycles. The quantitative estimate of drug-likeness (QED) is 0.815. The van der Waals surface area contributed by atoms with Crippen molar-refractivity contribution in [2.75, 3.05) is 18.5 Å². The van der Waals surface area contributed by atoms with Crippen LogP contribution < -0.4 is 19.5 Å². The van der Waals surface area contributed by atoms with Crippen LogP contribution in [0.5, 0.6) is 11.5 Å². The third-order valence-electron chi connectivity index (χ3n) is 4.86. The molecular formula is C18H26N2O5S. The van der Waals surface area contributed by atoms with Gasteiger partial charge in [0.1, 0.15) is 13.2 Å². The molecule has 0 spiro atoms. The Kier molecular flexibility index (Phi) is 5.72. The first-order valence-corrected chi connectivity index (χ1v) is 10.6. The minimum absolute atomic E-state index is 0.0353. The molecule has 1 saturated carbocycles. The zero-order valence-electron chi connectivity index (χ0n) is 15.2. The summed E-state index contributed by atoms with van der Waals surface area (Å²) < 4.78 is 37.7. The van der Waals surface area contributed by atoms with Crippen molar-refractivity contribution in [2.24, 2.45) is 5.92 Å². The molecule has 3 rings (SSSR count). The summed E-state index contributed by atoms with van der Waals surface area (Å²) in [4.78, 5) is 12.5. The molecule has 0 aromatic heterocycles. The second-order valence-corrected chi connectivity index (χ2v) is 9.38. The van der Waals surface area contributed by atoms with Crippen molar-refractivity contribution in [1.29, 1.82) is 0 Å². The van der Waals surface area contributed by atoms with E-state index in [0.717, 1.165) is 0 Å². The van der Waals surface area contributed by atoms with Gasteiger partial charge in [-0.25, -0.2) is 13.1 Å². The van der Waals surface area contributed by atoms with Crippen LogP contribution in [0.4, 0.5) is 5.69 Å². The van der Waals surface area contributed by atoms with E-state index in [4.69, 9.17) is 9.47 Å². The first kappa shape index (κ1) is 19.0. The fourth-order valence-corrected chi connectivity index (χ4v) is 4.18. The fourth-order valence-electron chi connectivity index (χ4n) is 3.21. The summed E-state index contributed by atoms with van der Waals surface area (Å²) in [6.07, 6.45) is 2.68. The maximum absolute atomic E-state index is 12.5. The number of benzene rings is 1. The molecule has 8 heteroatoms. The number of sulfonamides is 1. The molecule has 0 radical (unpaired) electrons. The minimum atomic E-state index is -3.27. The molecular weight excluding hydrogens is 356 g/mol. The first-order valence-electron chi connectivity index (χ1n) is 9.07. The zero-order valence-corrected chi connectivity index (χ0v) is 16.0. The highest BCUT2D eigenvalue weighted by atomic mass is 32.2. The Bertz CT molecular complexity index is 755. The monoisotopic (exact) mass is 382 g/mol. The SMILES string of the molecule is CC(C)S(=O)(=O)N[C@H]1CC[C@H](C(=O)Nc2ccc3c(c2)OCCO3)CC1. The van der Waals surface area contributed by atoms with E-state index in [1.165, 1.54) is 0 Å². The maximum atomic E-state index is 12.5. The van der Waals surface area contributed by atoms with Gasteiger partial charge < -0.3 is 14.8 Å². The molecule has 1 aromatic carbocycles. The molecule has 144 valence electrons. The van der Waals surface area contributed by atoms with E-state index in [9.17, 15) is 13.2 Å². The predicted molar refractivity (Wildman–Crippen MR) is 99.0 cm³/mol. The summed E-state index contributed by atoms with van der Waals surface area (Å²) in [5, 5.41) is 2.48. The summed E-state index contributed by atoms with van der Waals surface area (Å²) >= 11 is 0. The van der Waals surface area contributed by atoms with Gasteiger partial charge in [0.15, 0.2) is 11.5 Å². The number of hydrogen-bond acceptors (Lipinski definition) is 5. The average molecular weight is 382 g/mol. The second kappa shape index (κ2) is 7.84. The van der Waals surface area contributed by atoms with Crippen LogP contribution in [0.1, 0.15) is 39.5 Å². The van der Waals surface area contributed by atoms with Crippen LogP contribution >= 0.6 is 0 Å². The molecule has 1 amide bonds. The normalized spacial score (nSPS) is 22.9. The number of hydrogen-bond donors (Lipinski definition) is 2. The summed E-state index contributed by atoms with van der Waals surface area (Å²) in [5.74, 6) is 1.18. The van der Waals surface area contributed by atoms with Gasteiger partial charge in [-0.15, -0.1) is 0 Å². The number of carbonyl (C=O) groups excluding carboxylic acids is 1. The van der Waals surface area contributed by atoms with Gasteiger partial charge in [0, 0.05) is 23.7 Å².